The van der Waals surface area contributed by atoms with Gasteiger partial charge in [0.05, 0.1) is 7.05 Å². The number of rotatable bonds is 3. The molecule has 0 bridgehead atoms. The van der Waals surface area contributed by atoms with Crippen LogP contribution in [0.25, 0.3) is 0 Å². The average molecular weight is 144 g/mol. The zero-order valence-corrected chi connectivity index (χ0v) is 6.59. The fourth-order valence-electron chi connectivity index (χ4n) is 0.804. The van der Waals surface area contributed by atoms with Crippen molar-refractivity contribution >= 4 is 5.97 Å². The van der Waals surface area contributed by atoms with Crippen molar-refractivity contribution in [1.29, 1.82) is 0 Å². The van der Waals surface area contributed by atoms with Crippen LogP contribution in [0.2, 0.25) is 0 Å². The van der Waals surface area contributed by atoms with Crippen LogP contribution in [-0.2, 0) is 9.53 Å². The van der Waals surface area contributed by atoms with Gasteiger partial charge in [0.15, 0.2) is 0 Å². The SMILES string of the molecule is CC(=O)OCC[N+]1(C)CC1. The van der Waals surface area contributed by atoms with Crippen molar-refractivity contribution in [2.75, 3.05) is 33.3 Å². The van der Waals surface area contributed by atoms with Crippen molar-refractivity contribution < 1.29 is 14.0 Å². The van der Waals surface area contributed by atoms with E-state index in [0.717, 1.165) is 11.0 Å². The van der Waals surface area contributed by atoms with Crippen LogP contribution in [0.1, 0.15) is 6.92 Å². The summed E-state index contributed by atoms with van der Waals surface area (Å²) in [7, 11) is 2.17. The van der Waals surface area contributed by atoms with Crippen LogP contribution in [0.3, 0.4) is 0 Å². The topological polar surface area (TPSA) is 26.3 Å². The average Bonchev–Trinajstić information content (AvgIpc) is 2.47. The minimum absolute atomic E-state index is 0.173. The zero-order valence-electron chi connectivity index (χ0n) is 6.59. The molecule has 0 amide bonds. The fourth-order valence-corrected chi connectivity index (χ4v) is 0.804. The zero-order chi connectivity index (χ0) is 7.61. The summed E-state index contributed by atoms with van der Waals surface area (Å²) in [6.07, 6.45) is 0. The molecule has 3 heteroatoms. The Morgan fingerprint density at radius 2 is 2.20 bits per heavy atom. The Kier molecular flexibility index (Phi) is 1.94. The van der Waals surface area contributed by atoms with Crippen molar-refractivity contribution in [2.24, 2.45) is 0 Å². The Bertz CT molecular complexity index is 141. The van der Waals surface area contributed by atoms with Gasteiger partial charge in [0.2, 0.25) is 0 Å². The normalized spacial score (nSPS) is 20.2. The van der Waals surface area contributed by atoms with Gasteiger partial charge in [0.1, 0.15) is 26.2 Å². The lowest BCUT2D eigenvalue weighted by molar-refractivity contribution is -0.777. The molecule has 0 aromatic rings. The molecule has 1 heterocycles. The summed E-state index contributed by atoms with van der Waals surface area (Å²) < 4.78 is 5.88. The first-order valence-electron chi connectivity index (χ1n) is 3.59. The molecule has 1 saturated heterocycles. The molecule has 0 N–H and O–H groups in total. The highest BCUT2D eigenvalue weighted by Gasteiger charge is 2.36. The molecule has 0 aliphatic carbocycles. The monoisotopic (exact) mass is 144 g/mol. The largest absolute Gasteiger partial charge is 0.460 e. The number of likely N-dealkylation sites (N-methyl/N-ethyl adjacent to an activating group) is 1. The van der Waals surface area contributed by atoms with E-state index in [0.29, 0.717) is 6.61 Å². The van der Waals surface area contributed by atoms with Crippen molar-refractivity contribution in [3.63, 3.8) is 0 Å². The van der Waals surface area contributed by atoms with Crippen LogP contribution in [0.15, 0.2) is 0 Å². The van der Waals surface area contributed by atoms with Crippen molar-refractivity contribution in [3.05, 3.63) is 0 Å². The quantitative estimate of drug-likeness (QED) is 0.317. The molecular weight excluding hydrogens is 130 g/mol. The summed E-state index contributed by atoms with van der Waals surface area (Å²) in [6.45, 7) is 5.47. The van der Waals surface area contributed by atoms with E-state index in [4.69, 9.17) is 4.74 Å². The summed E-state index contributed by atoms with van der Waals surface area (Å²) in [5.41, 5.74) is 0. The maximum absolute atomic E-state index is 10.3. The highest BCUT2D eigenvalue weighted by molar-refractivity contribution is 5.65. The second kappa shape index (κ2) is 2.58. The Balaban J connectivity index is 2.00. The van der Waals surface area contributed by atoms with E-state index < -0.39 is 0 Å². The summed E-state index contributed by atoms with van der Waals surface area (Å²) in [5, 5.41) is 0. The summed E-state index contributed by atoms with van der Waals surface area (Å²) >= 11 is 0. The molecule has 0 aromatic heterocycles. The molecular formula is C7H14NO2+. The van der Waals surface area contributed by atoms with Crippen LogP contribution in [-0.4, -0.2) is 43.7 Å². The number of ether oxygens (including phenoxy) is 1. The van der Waals surface area contributed by atoms with E-state index in [-0.39, 0.29) is 5.97 Å². The summed E-state index contributed by atoms with van der Waals surface area (Å²) in [4.78, 5) is 10.3. The highest BCUT2D eigenvalue weighted by atomic mass is 16.5. The minimum atomic E-state index is -0.173. The van der Waals surface area contributed by atoms with Crippen molar-refractivity contribution in [3.8, 4) is 0 Å². The molecule has 0 spiro atoms. The van der Waals surface area contributed by atoms with E-state index in [2.05, 4.69) is 7.05 Å². The standard InChI is InChI=1S/C7H14NO2/c1-7(9)10-6-5-8(2)3-4-8/h3-6H2,1-2H3/q+1. The van der Waals surface area contributed by atoms with E-state index in [9.17, 15) is 4.79 Å². The smallest absolute Gasteiger partial charge is 0.302 e. The third kappa shape index (κ3) is 2.35. The van der Waals surface area contributed by atoms with Crippen LogP contribution < -0.4 is 0 Å². The summed E-state index contributed by atoms with van der Waals surface area (Å²) in [5.74, 6) is -0.173. The van der Waals surface area contributed by atoms with Gasteiger partial charge in [0, 0.05) is 6.92 Å². The third-order valence-corrected chi connectivity index (χ3v) is 1.92. The van der Waals surface area contributed by atoms with Crippen molar-refractivity contribution in [1.82, 2.24) is 0 Å². The van der Waals surface area contributed by atoms with Gasteiger partial charge in [-0.1, -0.05) is 0 Å². The molecule has 0 radical (unpaired) electrons. The van der Waals surface area contributed by atoms with Crippen LogP contribution in [0.4, 0.5) is 0 Å². The molecule has 58 valence electrons. The Labute approximate surface area is 61.2 Å². The van der Waals surface area contributed by atoms with E-state index >= 15 is 0 Å². The van der Waals surface area contributed by atoms with Gasteiger partial charge in [-0.05, 0) is 0 Å². The van der Waals surface area contributed by atoms with Gasteiger partial charge < -0.3 is 9.22 Å². The number of esters is 1. The maximum Gasteiger partial charge on any atom is 0.302 e. The van der Waals surface area contributed by atoms with Crippen molar-refractivity contribution in [2.45, 2.75) is 6.92 Å². The van der Waals surface area contributed by atoms with Gasteiger partial charge in [0.25, 0.3) is 0 Å². The fraction of sp³-hybridized carbons (Fsp3) is 0.857. The molecule has 1 fully saturated rings. The first kappa shape index (κ1) is 7.54. The number of quaternary nitrogens is 1. The lowest BCUT2D eigenvalue weighted by Crippen LogP contribution is -2.25. The van der Waals surface area contributed by atoms with E-state index in [1.54, 1.807) is 0 Å². The molecule has 3 nitrogen and oxygen atoms in total. The van der Waals surface area contributed by atoms with Crippen LogP contribution in [0.5, 0.6) is 0 Å². The highest BCUT2D eigenvalue weighted by Crippen LogP contribution is 2.14. The van der Waals surface area contributed by atoms with Gasteiger partial charge >= 0.3 is 5.97 Å². The third-order valence-electron chi connectivity index (χ3n) is 1.92. The number of hydrogen-bond donors (Lipinski definition) is 0. The second-order valence-electron chi connectivity index (χ2n) is 3.13. The lowest BCUT2D eigenvalue weighted by atomic mass is 10.6. The number of carbonyl (C=O) groups is 1. The Morgan fingerprint density at radius 3 is 2.60 bits per heavy atom. The van der Waals surface area contributed by atoms with Crippen LogP contribution in [0, 0.1) is 0 Å². The Hall–Kier alpha value is -0.570. The van der Waals surface area contributed by atoms with Gasteiger partial charge in [-0.15, -0.1) is 0 Å². The maximum atomic E-state index is 10.3. The molecule has 1 rings (SSSR count). The molecule has 10 heavy (non-hydrogen) atoms. The molecule has 1 aliphatic heterocycles. The molecule has 0 unspecified atom stereocenters. The number of hydrogen-bond acceptors (Lipinski definition) is 2. The molecule has 1 aliphatic rings. The predicted molar refractivity (Wildman–Crippen MR) is 37.4 cm³/mol. The first-order chi connectivity index (χ1) is 4.62. The molecule has 0 aromatic carbocycles. The summed E-state index contributed by atoms with van der Waals surface area (Å²) in [6, 6.07) is 0. The van der Waals surface area contributed by atoms with E-state index in [1.807, 2.05) is 0 Å². The molecule has 0 saturated carbocycles. The first-order valence-corrected chi connectivity index (χ1v) is 3.59. The van der Waals surface area contributed by atoms with Crippen LogP contribution >= 0.6 is 0 Å². The predicted octanol–water partition coefficient (Wildman–Crippen LogP) is 0.00970. The van der Waals surface area contributed by atoms with Gasteiger partial charge in [-0.2, -0.15) is 0 Å². The lowest BCUT2D eigenvalue weighted by Gasteiger charge is -2.10. The number of carbonyl (C=O) groups excluding carboxylic acids is 1. The Morgan fingerprint density at radius 1 is 1.60 bits per heavy atom. The molecule has 0 atom stereocenters. The van der Waals surface area contributed by atoms with Gasteiger partial charge in [-0.25, -0.2) is 0 Å². The second-order valence-corrected chi connectivity index (χ2v) is 3.13. The minimum Gasteiger partial charge on any atom is -0.460 e. The number of nitrogens with zero attached hydrogens (tertiary/aromatic N) is 1. The van der Waals surface area contributed by atoms with E-state index in [1.165, 1.54) is 20.0 Å². The van der Waals surface area contributed by atoms with Gasteiger partial charge in [-0.3, -0.25) is 4.79 Å².